The zero-order chi connectivity index (χ0) is 21.8. The lowest BCUT2D eigenvalue weighted by Gasteiger charge is -2.34. The molecule has 8 nitrogen and oxygen atoms in total. The van der Waals surface area contributed by atoms with E-state index in [2.05, 4.69) is 0 Å². The van der Waals surface area contributed by atoms with E-state index in [4.69, 9.17) is 4.74 Å². The predicted octanol–water partition coefficient (Wildman–Crippen LogP) is 1.73. The van der Waals surface area contributed by atoms with E-state index in [1.807, 2.05) is 6.07 Å². The molecule has 0 atom stereocenters. The number of anilines is 1. The fourth-order valence-corrected chi connectivity index (χ4v) is 5.26. The summed E-state index contributed by atoms with van der Waals surface area (Å²) in [7, 11) is -3.55. The number of carbonyl (C=O) groups excluding carboxylic acids is 2. The Kier molecular flexibility index (Phi) is 6.24. The van der Waals surface area contributed by atoms with Gasteiger partial charge in [-0.2, -0.15) is 4.31 Å². The third-order valence-electron chi connectivity index (χ3n) is 5.54. The molecular weight excluding hydrogens is 418 g/mol. The van der Waals surface area contributed by atoms with Crippen LogP contribution < -0.4 is 9.64 Å². The Morgan fingerprint density at radius 2 is 1.68 bits per heavy atom. The summed E-state index contributed by atoms with van der Waals surface area (Å²) in [4.78, 5) is 28.1. The summed E-state index contributed by atoms with van der Waals surface area (Å²) in [5.41, 5.74) is 0.771. The number of amides is 2. The van der Waals surface area contributed by atoms with E-state index in [1.165, 1.54) is 4.31 Å². The van der Waals surface area contributed by atoms with Gasteiger partial charge in [0.2, 0.25) is 15.9 Å². The van der Waals surface area contributed by atoms with Crippen molar-refractivity contribution in [2.75, 3.05) is 44.2 Å². The van der Waals surface area contributed by atoms with Crippen molar-refractivity contribution in [3.63, 3.8) is 0 Å². The zero-order valence-corrected chi connectivity index (χ0v) is 18.0. The zero-order valence-electron chi connectivity index (χ0n) is 17.1. The quantitative estimate of drug-likeness (QED) is 0.679. The van der Waals surface area contributed by atoms with Gasteiger partial charge in [-0.15, -0.1) is 0 Å². The summed E-state index contributed by atoms with van der Waals surface area (Å²) in [5, 5.41) is 0. The maximum Gasteiger partial charge on any atom is 0.260 e. The SMILES string of the molecule is O=C(COc1cccc(N2CCCC2=O)c1)N1CCN(S(=O)(=O)c2ccccc2)CC1. The summed E-state index contributed by atoms with van der Waals surface area (Å²) in [6.07, 6.45) is 1.39. The van der Waals surface area contributed by atoms with Gasteiger partial charge < -0.3 is 14.5 Å². The smallest absolute Gasteiger partial charge is 0.260 e. The fraction of sp³-hybridized carbons (Fsp3) is 0.364. The van der Waals surface area contributed by atoms with Crippen LogP contribution in [0.5, 0.6) is 5.75 Å². The molecule has 4 rings (SSSR count). The topological polar surface area (TPSA) is 87.2 Å². The van der Waals surface area contributed by atoms with Crippen molar-refractivity contribution in [3.8, 4) is 5.75 Å². The minimum atomic E-state index is -3.55. The number of piperazine rings is 1. The average molecular weight is 444 g/mol. The Balaban J connectivity index is 1.30. The Morgan fingerprint density at radius 1 is 0.935 bits per heavy atom. The van der Waals surface area contributed by atoms with Crippen molar-refractivity contribution >= 4 is 27.5 Å². The highest BCUT2D eigenvalue weighted by Gasteiger charge is 2.30. The second kappa shape index (κ2) is 9.07. The molecule has 0 aromatic heterocycles. The lowest BCUT2D eigenvalue weighted by molar-refractivity contribution is -0.134. The van der Waals surface area contributed by atoms with Gasteiger partial charge in [0, 0.05) is 50.9 Å². The van der Waals surface area contributed by atoms with E-state index in [-0.39, 0.29) is 36.4 Å². The number of sulfonamides is 1. The van der Waals surface area contributed by atoms with Gasteiger partial charge in [0.25, 0.3) is 5.91 Å². The number of hydrogen-bond donors (Lipinski definition) is 0. The Hall–Kier alpha value is -2.91. The molecule has 2 aromatic rings. The first-order valence-corrected chi connectivity index (χ1v) is 11.8. The molecule has 2 fully saturated rings. The van der Waals surface area contributed by atoms with Crippen LogP contribution in [-0.4, -0.2) is 68.8 Å². The van der Waals surface area contributed by atoms with Crippen LogP contribution in [0, 0.1) is 0 Å². The molecule has 0 spiro atoms. The van der Waals surface area contributed by atoms with Gasteiger partial charge >= 0.3 is 0 Å². The lowest BCUT2D eigenvalue weighted by atomic mass is 10.3. The first-order valence-electron chi connectivity index (χ1n) is 10.3. The fourth-order valence-electron chi connectivity index (χ4n) is 3.82. The van der Waals surface area contributed by atoms with Gasteiger partial charge in [-0.05, 0) is 30.7 Å². The van der Waals surface area contributed by atoms with Crippen LogP contribution in [0.15, 0.2) is 59.5 Å². The van der Waals surface area contributed by atoms with Gasteiger partial charge in [0.15, 0.2) is 6.61 Å². The number of ether oxygens (including phenoxy) is 1. The number of carbonyl (C=O) groups is 2. The largest absolute Gasteiger partial charge is 0.484 e. The van der Waals surface area contributed by atoms with Crippen LogP contribution in [0.1, 0.15) is 12.8 Å². The molecule has 2 saturated heterocycles. The molecule has 2 aliphatic rings. The highest BCUT2D eigenvalue weighted by Crippen LogP contribution is 2.25. The Morgan fingerprint density at radius 3 is 2.35 bits per heavy atom. The average Bonchev–Trinajstić information content (AvgIpc) is 3.24. The molecule has 31 heavy (non-hydrogen) atoms. The van der Waals surface area contributed by atoms with Crippen LogP contribution in [0.2, 0.25) is 0 Å². The first kappa shape index (κ1) is 21.3. The van der Waals surface area contributed by atoms with Crippen molar-refractivity contribution < 1.29 is 22.7 Å². The van der Waals surface area contributed by atoms with Gasteiger partial charge in [-0.3, -0.25) is 9.59 Å². The Labute approximate surface area is 182 Å². The van der Waals surface area contributed by atoms with E-state index in [1.54, 1.807) is 58.3 Å². The van der Waals surface area contributed by atoms with Crippen molar-refractivity contribution in [1.29, 1.82) is 0 Å². The number of hydrogen-bond acceptors (Lipinski definition) is 5. The van der Waals surface area contributed by atoms with Gasteiger partial charge in [0.05, 0.1) is 4.90 Å². The summed E-state index contributed by atoms with van der Waals surface area (Å²) in [6.45, 7) is 1.68. The maximum absolute atomic E-state index is 12.7. The number of nitrogens with zero attached hydrogens (tertiary/aromatic N) is 3. The monoisotopic (exact) mass is 443 g/mol. The van der Waals surface area contributed by atoms with Crippen LogP contribution in [-0.2, 0) is 19.6 Å². The van der Waals surface area contributed by atoms with Gasteiger partial charge in [-0.25, -0.2) is 8.42 Å². The second-order valence-corrected chi connectivity index (χ2v) is 9.47. The van der Waals surface area contributed by atoms with E-state index in [0.717, 1.165) is 12.1 Å². The molecule has 0 bridgehead atoms. The van der Waals surface area contributed by atoms with Crippen LogP contribution >= 0.6 is 0 Å². The van der Waals surface area contributed by atoms with E-state index in [9.17, 15) is 18.0 Å². The molecule has 0 radical (unpaired) electrons. The molecule has 2 amide bonds. The molecule has 0 unspecified atom stereocenters. The highest BCUT2D eigenvalue weighted by molar-refractivity contribution is 7.89. The molecule has 2 aliphatic heterocycles. The molecular formula is C22H25N3O5S. The summed E-state index contributed by atoms with van der Waals surface area (Å²) >= 11 is 0. The van der Waals surface area contributed by atoms with Crippen LogP contribution in [0.25, 0.3) is 0 Å². The standard InChI is InChI=1S/C22H25N3O5S/c26-21-10-5-11-25(21)18-6-4-7-19(16-18)30-17-22(27)23-12-14-24(15-13-23)31(28,29)20-8-2-1-3-9-20/h1-4,6-9,16H,5,10-15,17H2. The molecule has 164 valence electrons. The molecule has 0 saturated carbocycles. The molecule has 2 aromatic carbocycles. The van der Waals surface area contributed by atoms with Crippen LogP contribution in [0.3, 0.4) is 0 Å². The van der Waals surface area contributed by atoms with Crippen molar-refractivity contribution in [1.82, 2.24) is 9.21 Å². The van der Waals surface area contributed by atoms with E-state index >= 15 is 0 Å². The van der Waals surface area contributed by atoms with Gasteiger partial charge in [-0.1, -0.05) is 24.3 Å². The van der Waals surface area contributed by atoms with Crippen LogP contribution in [0.4, 0.5) is 5.69 Å². The normalized spacial score (nSPS) is 17.7. The second-order valence-electron chi connectivity index (χ2n) is 7.53. The van der Waals surface area contributed by atoms with E-state index < -0.39 is 10.0 Å². The van der Waals surface area contributed by atoms with Crippen molar-refractivity contribution in [2.45, 2.75) is 17.7 Å². The molecule has 0 N–H and O–H groups in total. The third-order valence-corrected chi connectivity index (χ3v) is 7.45. The highest BCUT2D eigenvalue weighted by atomic mass is 32.2. The Bertz CT molecular complexity index is 1050. The minimum Gasteiger partial charge on any atom is -0.484 e. The summed E-state index contributed by atoms with van der Waals surface area (Å²) in [5.74, 6) is 0.423. The lowest BCUT2D eigenvalue weighted by Crippen LogP contribution is -2.51. The van der Waals surface area contributed by atoms with Crippen molar-refractivity contribution in [2.24, 2.45) is 0 Å². The molecule has 0 aliphatic carbocycles. The summed E-state index contributed by atoms with van der Waals surface area (Å²) < 4.78 is 32.5. The molecule has 2 heterocycles. The van der Waals surface area contributed by atoms with Gasteiger partial charge in [0.1, 0.15) is 5.75 Å². The summed E-state index contributed by atoms with van der Waals surface area (Å²) in [6, 6.07) is 15.5. The van der Waals surface area contributed by atoms with E-state index in [0.29, 0.717) is 31.8 Å². The number of rotatable bonds is 6. The predicted molar refractivity (Wildman–Crippen MR) is 115 cm³/mol. The maximum atomic E-state index is 12.7. The number of benzene rings is 2. The first-order chi connectivity index (χ1) is 14.9. The third kappa shape index (κ3) is 4.72. The van der Waals surface area contributed by atoms with Crippen molar-refractivity contribution in [3.05, 3.63) is 54.6 Å². The molecule has 9 heteroatoms. The minimum absolute atomic E-state index is 0.0940.